The molecular formula is C20H21FN2O4. The van der Waals surface area contributed by atoms with Gasteiger partial charge in [0.15, 0.2) is 6.10 Å². The number of aromatic hydroxyl groups is 1. The van der Waals surface area contributed by atoms with Crippen molar-refractivity contribution in [2.24, 2.45) is 0 Å². The summed E-state index contributed by atoms with van der Waals surface area (Å²) in [6.07, 6.45) is -0.495. The maximum absolute atomic E-state index is 13.0. The Morgan fingerprint density at radius 2 is 1.93 bits per heavy atom. The van der Waals surface area contributed by atoms with E-state index in [-0.39, 0.29) is 22.4 Å². The summed E-state index contributed by atoms with van der Waals surface area (Å²) in [6, 6.07) is 6.59. The van der Waals surface area contributed by atoms with Gasteiger partial charge in [-0.3, -0.25) is 14.2 Å². The van der Waals surface area contributed by atoms with Gasteiger partial charge in [-0.05, 0) is 57.0 Å². The molecule has 2 unspecified atom stereocenters. The second kappa shape index (κ2) is 8.04. The van der Waals surface area contributed by atoms with Crippen LogP contribution in [0.25, 0.3) is 0 Å². The van der Waals surface area contributed by atoms with E-state index in [1.54, 1.807) is 6.92 Å². The molecule has 2 atom stereocenters. The van der Waals surface area contributed by atoms with E-state index in [9.17, 15) is 24.3 Å². The average molecular weight is 372 g/mol. The Hall–Kier alpha value is -3.14. The lowest BCUT2D eigenvalue weighted by Gasteiger charge is -2.21. The summed E-state index contributed by atoms with van der Waals surface area (Å²) < 4.78 is 19.6. The van der Waals surface area contributed by atoms with Gasteiger partial charge in [-0.1, -0.05) is 6.92 Å². The molecule has 0 spiro atoms. The lowest BCUT2D eigenvalue weighted by atomic mass is 9.98. The predicted molar refractivity (Wildman–Crippen MR) is 97.6 cm³/mol. The van der Waals surface area contributed by atoms with Crippen molar-refractivity contribution in [2.75, 3.05) is 0 Å². The highest BCUT2D eigenvalue weighted by molar-refractivity contribution is 6.03. The number of hydrogen-bond acceptors (Lipinski definition) is 5. The van der Waals surface area contributed by atoms with Crippen LogP contribution >= 0.6 is 0 Å². The van der Waals surface area contributed by atoms with Crippen LogP contribution in [0.2, 0.25) is 0 Å². The number of Topliss-reactive ketones (excluding diaryl/α,β-unsaturated/α-hetero) is 1. The smallest absolute Gasteiger partial charge is 0.271 e. The fraction of sp³-hybridized carbons (Fsp3) is 0.350. The number of ketones is 1. The SMILES string of the molecule is CCC(C)n1c(O)c(C(=O)C(C)Oc2ccc(F)cc2)c(C)c(C#N)c1=O. The Kier molecular flexibility index (Phi) is 6.01. The Morgan fingerprint density at radius 1 is 1.33 bits per heavy atom. The first-order valence-corrected chi connectivity index (χ1v) is 8.57. The Labute approximate surface area is 156 Å². The number of benzene rings is 1. The van der Waals surface area contributed by atoms with Crippen molar-refractivity contribution in [1.29, 1.82) is 5.26 Å². The zero-order valence-electron chi connectivity index (χ0n) is 15.6. The third-order valence-electron chi connectivity index (χ3n) is 4.52. The normalized spacial score (nSPS) is 12.9. The highest BCUT2D eigenvalue weighted by Gasteiger charge is 2.29. The van der Waals surface area contributed by atoms with Gasteiger partial charge in [0, 0.05) is 6.04 Å². The van der Waals surface area contributed by atoms with Crippen molar-refractivity contribution >= 4 is 5.78 Å². The summed E-state index contributed by atoms with van der Waals surface area (Å²) >= 11 is 0. The summed E-state index contributed by atoms with van der Waals surface area (Å²) in [5, 5.41) is 20.0. The minimum Gasteiger partial charge on any atom is -0.494 e. The molecule has 27 heavy (non-hydrogen) atoms. The number of rotatable bonds is 6. The minimum atomic E-state index is -1.02. The fourth-order valence-corrected chi connectivity index (χ4v) is 2.78. The van der Waals surface area contributed by atoms with Gasteiger partial charge in [-0.2, -0.15) is 5.26 Å². The minimum absolute atomic E-state index is 0.110. The monoisotopic (exact) mass is 372 g/mol. The summed E-state index contributed by atoms with van der Waals surface area (Å²) in [5.74, 6) is -1.22. The first-order valence-electron chi connectivity index (χ1n) is 8.57. The number of ether oxygens (including phenoxy) is 1. The van der Waals surface area contributed by atoms with Gasteiger partial charge < -0.3 is 9.84 Å². The number of pyridine rings is 1. The van der Waals surface area contributed by atoms with Crippen LogP contribution in [0.15, 0.2) is 29.1 Å². The van der Waals surface area contributed by atoms with Gasteiger partial charge >= 0.3 is 0 Å². The highest BCUT2D eigenvalue weighted by atomic mass is 19.1. The molecule has 142 valence electrons. The predicted octanol–water partition coefficient (Wildman–Crippen LogP) is 3.49. The molecule has 0 aliphatic carbocycles. The molecule has 2 rings (SSSR count). The fourth-order valence-electron chi connectivity index (χ4n) is 2.78. The molecule has 1 aromatic carbocycles. The highest BCUT2D eigenvalue weighted by Crippen LogP contribution is 2.27. The average Bonchev–Trinajstić information content (AvgIpc) is 2.63. The maximum atomic E-state index is 13.0. The Bertz CT molecular complexity index is 958. The van der Waals surface area contributed by atoms with Crippen molar-refractivity contribution in [3.05, 3.63) is 57.1 Å². The van der Waals surface area contributed by atoms with Crippen LogP contribution in [0.4, 0.5) is 4.39 Å². The molecule has 6 nitrogen and oxygen atoms in total. The molecule has 1 N–H and O–H groups in total. The van der Waals surface area contributed by atoms with E-state index in [1.165, 1.54) is 38.1 Å². The van der Waals surface area contributed by atoms with Crippen molar-refractivity contribution in [2.45, 2.75) is 46.3 Å². The molecule has 0 amide bonds. The van der Waals surface area contributed by atoms with Crippen LogP contribution in [0.3, 0.4) is 0 Å². The first-order chi connectivity index (χ1) is 12.7. The molecule has 0 saturated carbocycles. The van der Waals surface area contributed by atoms with Gasteiger partial charge in [-0.15, -0.1) is 0 Å². The molecule has 0 bridgehead atoms. The van der Waals surface area contributed by atoms with Gasteiger partial charge in [0.25, 0.3) is 5.56 Å². The number of carbonyl (C=O) groups is 1. The number of nitriles is 1. The maximum Gasteiger partial charge on any atom is 0.271 e. The van der Waals surface area contributed by atoms with E-state index in [4.69, 9.17) is 4.74 Å². The summed E-state index contributed by atoms with van der Waals surface area (Å²) in [6.45, 7) is 6.46. The molecule has 0 saturated heterocycles. The molecule has 1 aromatic heterocycles. The molecule has 0 aliphatic heterocycles. The summed E-state index contributed by atoms with van der Waals surface area (Å²) in [4.78, 5) is 25.4. The van der Waals surface area contributed by atoms with E-state index in [1.807, 2.05) is 13.0 Å². The standard InChI is InChI=1S/C20H21FN2O4/c1-5-11(2)23-19(25)16(10-22)12(3)17(20(23)26)18(24)13(4)27-15-8-6-14(21)7-9-15/h6-9,11,13,26H,5H2,1-4H3. The van der Waals surface area contributed by atoms with Crippen molar-refractivity contribution in [3.63, 3.8) is 0 Å². The van der Waals surface area contributed by atoms with Crippen LogP contribution in [-0.4, -0.2) is 21.6 Å². The first kappa shape index (κ1) is 20.2. The quantitative estimate of drug-likeness (QED) is 0.784. The molecule has 2 aromatic rings. The van der Waals surface area contributed by atoms with Crippen molar-refractivity contribution in [3.8, 4) is 17.7 Å². The Balaban J connectivity index is 2.53. The third kappa shape index (κ3) is 3.85. The molecule has 0 fully saturated rings. The van der Waals surface area contributed by atoms with Gasteiger partial charge in [0.1, 0.15) is 23.2 Å². The van der Waals surface area contributed by atoms with Crippen LogP contribution in [0.5, 0.6) is 11.6 Å². The largest absolute Gasteiger partial charge is 0.494 e. The van der Waals surface area contributed by atoms with E-state index in [0.717, 1.165) is 4.57 Å². The Morgan fingerprint density at radius 3 is 2.44 bits per heavy atom. The van der Waals surface area contributed by atoms with Crippen molar-refractivity contribution < 1.29 is 19.0 Å². The second-order valence-electron chi connectivity index (χ2n) is 6.32. The summed E-state index contributed by atoms with van der Waals surface area (Å²) in [7, 11) is 0. The lowest BCUT2D eigenvalue weighted by molar-refractivity contribution is 0.0812. The number of nitrogens with zero attached hydrogens (tertiary/aromatic N) is 2. The molecule has 0 radical (unpaired) electrons. The van der Waals surface area contributed by atoms with Gasteiger partial charge in [0.05, 0.1) is 5.56 Å². The van der Waals surface area contributed by atoms with E-state index in [2.05, 4.69) is 0 Å². The van der Waals surface area contributed by atoms with Crippen LogP contribution in [0, 0.1) is 24.1 Å². The number of hydrogen-bond donors (Lipinski definition) is 1. The van der Waals surface area contributed by atoms with E-state index >= 15 is 0 Å². The topological polar surface area (TPSA) is 92.3 Å². The lowest BCUT2D eigenvalue weighted by Crippen LogP contribution is -2.32. The molecule has 7 heteroatoms. The van der Waals surface area contributed by atoms with Crippen molar-refractivity contribution in [1.82, 2.24) is 4.57 Å². The molecular weight excluding hydrogens is 351 g/mol. The zero-order chi connectivity index (χ0) is 20.3. The number of aromatic nitrogens is 1. The van der Waals surface area contributed by atoms with E-state index in [0.29, 0.717) is 6.42 Å². The van der Waals surface area contributed by atoms with Gasteiger partial charge in [0.2, 0.25) is 11.7 Å². The number of carbonyl (C=O) groups excluding carboxylic acids is 1. The molecule has 1 heterocycles. The van der Waals surface area contributed by atoms with E-state index < -0.39 is 35.2 Å². The molecule has 0 aliphatic rings. The zero-order valence-corrected chi connectivity index (χ0v) is 15.6. The summed E-state index contributed by atoms with van der Waals surface area (Å²) in [5.41, 5.74) is -0.837. The van der Waals surface area contributed by atoms with Gasteiger partial charge in [-0.25, -0.2) is 4.39 Å². The third-order valence-corrected chi connectivity index (χ3v) is 4.52. The second-order valence-corrected chi connectivity index (χ2v) is 6.32. The van der Waals surface area contributed by atoms with Crippen LogP contribution in [-0.2, 0) is 0 Å². The number of halogens is 1. The van der Waals surface area contributed by atoms with Crippen LogP contribution in [0.1, 0.15) is 54.7 Å². The van der Waals surface area contributed by atoms with Crippen LogP contribution < -0.4 is 10.3 Å².